The van der Waals surface area contributed by atoms with Crippen molar-refractivity contribution in [2.75, 3.05) is 18.9 Å². The van der Waals surface area contributed by atoms with Gasteiger partial charge >= 0.3 is 0 Å². The second kappa shape index (κ2) is 6.06. The fraction of sp³-hybridized carbons (Fsp3) is 0.353. The molecule has 0 spiro atoms. The molecular formula is C17H21N3. The second-order valence-corrected chi connectivity index (χ2v) is 5.46. The molecule has 0 unspecified atom stereocenters. The summed E-state index contributed by atoms with van der Waals surface area (Å²) in [6, 6.07) is 15.0. The zero-order valence-corrected chi connectivity index (χ0v) is 11.9. The summed E-state index contributed by atoms with van der Waals surface area (Å²) in [5.74, 6) is 0.901. The molecule has 0 amide bonds. The normalized spacial score (nSPS) is 19.8. The lowest BCUT2D eigenvalue weighted by molar-refractivity contribution is 0.187. The van der Waals surface area contributed by atoms with Crippen LogP contribution in [0.2, 0.25) is 0 Å². The zero-order valence-electron chi connectivity index (χ0n) is 11.9. The van der Waals surface area contributed by atoms with Crippen LogP contribution in [0, 0.1) is 0 Å². The molecule has 2 heterocycles. The first-order valence-corrected chi connectivity index (χ1v) is 7.31. The van der Waals surface area contributed by atoms with Gasteiger partial charge in [0.1, 0.15) is 5.82 Å². The number of pyridine rings is 1. The van der Waals surface area contributed by atoms with Crippen LogP contribution in [0.5, 0.6) is 0 Å². The van der Waals surface area contributed by atoms with Crippen LogP contribution in [0.4, 0.5) is 11.5 Å². The fourth-order valence-electron chi connectivity index (χ4n) is 2.84. The minimum absolute atomic E-state index is 0.530. The summed E-state index contributed by atoms with van der Waals surface area (Å²) in [5.41, 5.74) is 2.40. The first kappa shape index (κ1) is 13.1. The summed E-state index contributed by atoms with van der Waals surface area (Å²) in [6.07, 6.45) is 5.88. The quantitative estimate of drug-likeness (QED) is 0.911. The lowest BCUT2D eigenvalue weighted by Gasteiger charge is -2.32. The Morgan fingerprint density at radius 3 is 2.65 bits per heavy atom. The van der Waals surface area contributed by atoms with Crippen molar-refractivity contribution in [3.63, 3.8) is 0 Å². The average Bonchev–Trinajstić information content (AvgIpc) is 2.50. The molecule has 1 aliphatic rings. The molecular weight excluding hydrogens is 246 g/mol. The van der Waals surface area contributed by atoms with Gasteiger partial charge in [0.05, 0.1) is 0 Å². The van der Waals surface area contributed by atoms with Gasteiger partial charge in [-0.05, 0) is 50.2 Å². The highest BCUT2D eigenvalue weighted by Gasteiger charge is 2.20. The first-order valence-electron chi connectivity index (χ1n) is 7.31. The second-order valence-electron chi connectivity index (χ2n) is 5.46. The van der Waals surface area contributed by atoms with E-state index in [1.54, 1.807) is 0 Å². The van der Waals surface area contributed by atoms with Gasteiger partial charge < -0.3 is 5.32 Å². The molecule has 0 saturated carbocycles. The smallest absolute Gasteiger partial charge is 0.130 e. The molecule has 2 aromatic rings. The Labute approximate surface area is 120 Å². The van der Waals surface area contributed by atoms with Crippen LogP contribution >= 0.6 is 0 Å². The largest absolute Gasteiger partial charge is 0.340 e. The number of rotatable bonds is 3. The Balaban J connectivity index is 1.71. The number of anilines is 2. The average molecular weight is 267 g/mol. The third-order valence-corrected chi connectivity index (χ3v) is 3.99. The summed E-state index contributed by atoms with van der Waals surface area (Å²) in [7, 11) is 2.21. The summed E-state index contributed by atoms with van der Waals surface area (Å²) in [5, 5.41) is 3.32. The van der Waals surface area contributed by atoms with Crippen LogP contribution in [0.3, 0.4) is 0 Å². The predicted octanol–water partition coefficient (Wildman–Crippen LogP) is 3.98. The molecule has 3 nitrogen and oxygen atoms in total. The van der Waals surface area contributed by atoms with E-state index in [2.05, 4.69) is 34.4 Å². The number of hydrogen-bond acceptors (Lipinski definition) is 3. The van der Waals surface area contributed by atoms with Gasteiger partial charge in [0, 0.05) is 17.9 Å². The van der Waals surface area contributed by atoms with Crippen molar-refractivity contribution < 1.29 is 0 Å². The highest BCUT2D eigenvalue weighted by molar-refractivity contribution is 5.55. The van der Waals surface area contributed by atoms with Gasteiger partial charge in [-0.3, -0.25) is 4.90 Å². The minimum atomic E-state index is 0.530. The molecule has 1 fully saturated rings. The van der Waals surface area contributed by atoms with Gasteiger partial charge in [0.2, 0.25) is 0 Å². The Hall–Kier alpha value is -1.87. The number of nitrogens with one attached hydrogen (secondary N) is 1. The van der Waals surface area contributed by atoms with Crippen molar-refractivity contribution in [2.24, 2.45) is 0 Å². The number of aromatic nitrogens is 1. The summed E-state index contributed by atoms with van der Waals surface area (Å²) in [4.78, 5) is 6.98. The molecule has 1 atom stereocenters. The Morgan fingerprint density at radius 2 is 1.95 bits per heavy atom. The topological polar surface area (TPSA) is 28.2 Å². The Morgan fingerprint density at radius 1 is 1.10 bits per heavy atom. The molecule has 1 saturated heterocycles. The SMILES string of the molecule is CN1CCCC[C@H]1c1ccc(Nc2ccccc2)nc1. The van der Waals surface area contributed by atoms with E-state index in [0.29, 0.717) is 6.04 Å². The highest BCUT2D eigenvalue weighted by Crippen LogP contribution is 2.29. The van der Waals surface area contributed by atoms with E-state index in [0.717, 1.165) is 11.5 Å². The maximum Gasteiger partial charge on any atom is 0.130 e. The molecule has 1 aromatic heterocycles. The van der Waals surface area contributed by atoms with Crippen LogP contribution in [-0.2, 0) is 0 Å². The summed E-state index contributed by atoms with van der Waals surface area (Å²) < 4.78 is 0. The van der Waals surface area contributed by atoms with Crippen molar-refractivity contribution in [2.45, 2.75) is 25.3 Å². The van der Waals surface area contributed by atoms with Crippen molar-refractivity contribution in [1.82, 2.24) is 9.88 Å². The number of likely N-dealkylation sites (tertiary alicyclic amines) is 1. The number of benzene rings is 1. The third-order valence-electron chi connectivity index (χ3n) is 3.99. The lowest BCUT2D eigenvalue weighted by atomic mass is 9.97. The van der Waals surface area contributed by atoms with Gasteiger partial charge in [0.15, 0.2) is 0 Å². The maximum absolute atomic E-state index is 4.55. The Bertz CT molecular complexity index is 536. The van der Waals surface area contributed by atoms with E-state index in [4.69, 9.17) is 0 Å². The van der Waals surface area contributed by atoms with Crippen LogP contribution in [0.25, 0.3) is 0 Å². The number of piperidine rings is 1. The fourth-order valence-corrected chi connectivity index (χ4v) is 2.84. The molecule has 0 bridgehead atoms. The minimum Gasteiger partial charge on any atom is -0.340 e. The molecule has 3 rings (SSSR count). The van der Waals surface area contributed by atoms with Crippen LogP contribution in [-0.4, -0.2) is 23.5 Å². The van der Waals surface area contributed by atoms with Gasteiger partial charge in [-0.1, -0.05) is 30.7 Å². The van der Waals surface area contributed by atoms with Crippen molar-refractivity contribution >= 4 is 11.5 Å². The van der Waals surface area contributed by atoms with Crippen molar-refractivity contribution in [3.05, 3.63) is 54.2 Å². The van der Waals surface area contributed by atoms with Crippen LogP contribution < -0.4 is 5.32 Å². The third kappa shape index (κ3) is 2.99. The first-order chi connectivity index (χ1) is 9.83. The molecule has 20 heavy (non-hydrogen) atoms. The standard InChI is InChI=1S/C17H21N3/c1-20-12-6-5-9-16(20)14-10-11-17(18-13-14)19-15-7-3-2-4-8-15/h2-4,7-8,10-11,13,16H,5-6,9,12H2,1H3,(H,18,19)/t16-/m0/s1. The monoisotopic (exact) mass is 267 g/mol. The number of hydrogen-bond donors (Lipinski definition) is 1. The predicted molar refractivity (Wildman–Crippen MR) is 83.2 cm³/mol. The highest BCUT2D eigenvalue weighted by atomic mass is 15.1. The van der Waals surface area contributed by atoms with Crippen LogP contribution in [0.15, 0.2) is 48.7 Å². The molecule has 0 aliphatic carbocycles. The summed E-state index contributed by atoms with van der Waals surface area (Å²) in [6.45, 7) is 1.19. The van der Waals surface area contributed by atoms with Gasteiger partial charge in [-0.15, -0.1) is 0 Å². The van der Waals surface area contributed by atoms with Gasteiger partial charge in [0.25, 0.3) is 0 Å². The molecule has 104 valence electrons. The molecule has 1 N–H and O–H groups in total. The number of para-hydroxylation sites is 1. The number of nitrogens with zero attached hydrogens (tertiary/aromatic N) is 2. The van der Waals surface area contributed by atoms with E-state index in [-0.39, 0.29) is 0 Å². The van der Waals surface area contributed by atoms with E-state index in [1.807, 2.05) is 36.5 Å². The van der Waals surface area contributed by atoms with Crippen molar-refractivity contribution in [3.8, 4) is 0 Å². The Kier molecular flexibility index (Phi) is 3.97. The maximum atomic E-state index is 4.55. The van der Waals surface area contributed by atoms with Gasteiger partial charge in [-0.2, -0.15) is 0 Å². The molecule has 3 heteroatoms. The molecule has 1 aromatic carbocycles. The molecule has 0 radical (unpaired) electrons. The lowest BCUT2D eigenvalue weighted by Crippen LogP contribution is -2.29. The van der Waals surface area contributed by atoms with E-state index in [1.165, 1.54) is 31.4 Å². The van der Waals surface area contributed by atoms with Gasteiger partial charge in [-0.25, -0.2) is 4.98 Å². The van der Waals surface area contributed by atoms with Crippen molar-refractivity contribution in [1.29, 1.82) is 0 Å². The molecule has 1 aliphatic heterocycles. The van der Waals surface area contributed by atoms with E-state index < -0.39 is 0 Å². The van der Waals surface area contributed by atoms with E-state index in [9.17, 15) is 0 Å². The zero-order chi connectivity index (χ0) is 13.8. The van der Waals surface area contributed by atoms with E-state index >= 15 is 0 Å². The van der Waals surface area contributed by atoms with Crippen LogP contribution in [0.1, 0.15) is 30.9 Å². The summed E-state index contributed by atoms with van der Waals surface area (Å²) >= 11 is 0.